The van der Waals surface area contributed by atoms with Crippen molar-refractivity contribution in [2.24, 2.45) is 0 Å². The van der Waals surface area contributed by atoms with Crippen LogP contribution in [0.4, 0.5) is 4.79 Å². The standard InChI is InChI=1S/C20H27NO7/c1-4-24-16(22)12-25-15-10-14(17-18(15)28-20(2,3)27-17)21-19(23)26-11-13-8-6-5-7-9-13/h5-9,14-15,17-18H,4,10-12H2,1-3H3,(H,21,23)/t14-,15+,17?,18?/m1/s1. The molecular formula is C20H27NO7. The Bertz CT molecular complexity index is 678. The van der Waals surface area contributed by atoms with Crippen molar-refractivity contribution < 1.29 is 33.3 Å². The van der Waals surface area contributed by atoms with Gasteiger partial charge in [0.15, 0.2) is 5.79 Å². The highest BCUT2D eigenvalue weighted by atomic mass is 16.8. The highest BCUT2D eigenvalue weighted by Gasteiger charge is 2.55. The summed E-state index contributed by atoms with van der Waals surface area (Å²) in [5, 5.41) is 2.84. The summed E-state index contributed by atoms with van der Waals surface area (Å²) in [7, 11) is 0. The summed E-state index contributed by atoms with van der Waals surface area (Å²) in [5.41, 5.74) is 0.902. The van der Waals surface area contributed by atoms with Crippen LogP contribution in [0.2, 0.25) is 0 Å². The second kappa shape index (κ2) is 8.89. The van der Waals surface area contributed by atoms with Crippen LogP contribution in [0.5, 0.6) is 0 Å². The van der Waals surface area contributed by atoms with Crippen molar-refractivity contribution in [1.82, 2.24) is 5.32 Å². The lowest BCUT2D eigenvalue weighted by Gasteiger charge is -2.23. The fraction of sp³-hybridized carbons (Fsp3) is 0.600. The number of hydrogen-bond acceptors (Lipinski definition) is 7. The lowest BCUT2D eigenvalue weighted by atomic mass is 10.2. The van der Waals surface area contributed by atoms with Gasteiger partial charge in [0, 0.05) is 0 Å². The summed E-state index contributed by atoms with van der Waals surface area (Å²) in [4.78, 5) is 23.8. The van der Waals surface area contributed by atoms with Gasteiger partial charge in [0.1, 0.15) is 25.4 Å². The molecule has 1 N–H and O–H groups in total. The first-order chi connectivity index (χ1) is 13.4. The van der Waals surface area contributed by atoms with E-state index in [-0.39, 0.29) is 31.5 Å². The van der Waals surface area contributed by atoms with E-state index in [0.717, 1.165) is 5.56 Å². The molecule has 1 aliphatic carbocycles. The lowest BCUT2D eigenvalue weighted by Crippen LogP contribution is -2.43. The van der Waals surface area contributed by atoms with Crippen molar-refractivity contribution in [3.63, 3.8) is 0 Å². The quantitative estimate of drug-likeness (QED) is 0.710. The number of carbonyl (C=O) groups is 2. The summed E-state index contributed by atoms with van der Waals surface area (Å²) in [6.45, 7) is 5.65. The number of esters is 1. The molecule has 0 bridgehead atoms. The predicted octanol–water partition coefficient (Wildman–Crippen LogP) is 2.15. The molecule has 0 spiro atoms. The fourth-order valence-electron chi connectivity index (χ4n) is 3.53. The summed E-state index contributed by atoms with van der Waals surface area (Å²) >= 11 is 0. The van der Waals surface area contributed by atoms with Crippen LogP contribution in [0.3, 0.4) is 0 Å². The Kier molecular flexibility index (Phi) is 6.53. The summed E-state index contributed by atoms with van der Waals surface area (Å²) in [6.07, 6.45) is -1.25. The van der Waals surface area contributed by atoms with Crippen LogP contribution in [0.25, 0.3) is 0 Å². The second-order valence-corrected chi connectivity index (χ2v) is 7.27. The minimum absolute atomic E-state index is 0.170. The zero-order chi connectivity index (χ0) is 20.1. The Morgan fingerprint density at radius 2 is 1.86 bits per heavy atom. The van der Waals surface area contributed by atoms with Crippen LogP contribution in [0.15, 0.2) is 30.3 Å². The first kappa shape index (κ1) is 20.6. The molecule has 154 valence electrons. The number of amides is 1. The third-order valence-electron chi connectivity index (χ3n) is 4.65. The Hall–Kier alpha value is -2.16. The Balaban J connectivity index is 1.56. The van der Waals surface area contributed by atoms with Crippen LogP contribution in [0.1, 0.15) is 32.8 Å². The minimum Gasteiger partial charge on any atom is -0.464 e. The Labute approximate surface area is 164 Å². The van der Waals surface area contributed by atoms with Crippen molar-refractivity contribution in [1.29, 1.82) is 0 Å². The number of alkyl carbamates (subject to hydrolysis) is 1. The molecule has 3 rings (SSSR count). The molecule has 1 aliphatic heterocycles. The van der Waals surface area contributed by atoms with E-state index in [9.17, 15) is 9.59 Å². The van der Waals surface area contributed by atoms with Gasteiger partial charge in [-0.15, -0.1) is 0 Å². The number of ether oxygens (including phenoxy) is 5. The number of rotatable bonds is 7. The van der Waals surface area contributed by atoms with Crippen molar-refractivity contribution in [2.75, 3.05) is 13.2 Å². The van der Waals surface area contributed by atoms with Crippen molar-refractivity contribution >= 4 is 12.1 Å². The van der Waals surface area contributed by atoms with E-state index in [0.29, 0.717) is 13.0 Å². The first-order valence-corrected chi connectivity index (χ1v) is 9.48. The maximum absolute atomic E-state index is 12.2. The lowest BCUT2D eigenvalue weighted by molar-refractivity contribution is -0.172. The third kappa shape index (κ3) is 5.21. The molecule has 1 aromatic rings. The molecule has 2 unspecified atom stereocenters. The van der Waals surface area contributed by atoms with Gasteiger partial charge in [-0.25, -0.2) is 9.59 Å². The van der Waals surface area contributed by atoms with Crippen molar-refractivity contribution in [2.45, 2.75) is 63.9 Å². The Morgan fingerprint density at radius 1 is 1.14 bits per heavy atom. The average molecular weight is 393 g/mol. The predicted molar refractivity (Wildman–Crippen MR) is 98.4 cm³/mol. The van der Waals surface area contributed by atoms with E-state index in [1.165, 1.54) is 0 Å². The SMILES string of the molecule is CCOC(=O)CO[C@H]1C[C@@H](NC(=O)OCc2ccccc2)C2OC(C)(C)OC21. The second-order valence-electron chi connectivity index (χ2n) is 7.27. The summed E-state index contributed by atoms with van der Waals surface area (Å²) < 4.78 is 27.8. The van der Waals surface area contributed by atoms with Gasteiger partial charge < -0.3 is 29.0 Å². The molecule has 1 amide bonds. The first-order valence-electron chi connectivity index (χ1n) is 9.48. The number of hydrogen-bond donors (Lipinski definition) is 1. The summed E-state index contributed by atoms with van der Waals surface area (Å²) in [5.74, 6) is -1.23. The van der Waals surface area contributed by atoms with E-state index in [1.807, 2.05) is 30.3 Å². The highest BCUT2D eigenvalue weighted by Crippen LogP contribution is 2.39. The van der Waals surface area contributed by atoms with Crippen molar-refractivity contribution in [3.8, 4) is 0 Å². The molecule has 0 aromatic heterocycles. The molecule has 28 heavy (non-hydrogen) atoms. The van der Waals surface area contributed by atoms with E-state index in [1.54, 1.807) is 20.8 Å². The van der Waals surface area contributed by atoms with Crippen LogP contribution < -0.4 is 5.32 Å². The fourth-order valence-corrected chi connectivity index (χ4v) is 3.53. The summed E-state index contributed by atoms with van der Waals surface area (Å²) in [6, 6.07) is 9.09. The van der Waals surface area contributed by atoms with Crippen LogP contribution in [-0.4, -0.2) is 55.4 Å². The van der Waals surface area contributed by atoms with E-state index in [2.05, 4.69) is 5.32 Å². The zero-order valence-corrected chi connectivity index (χ0v) is 16.4. The van der Waals surface area contributed by atoms with E-state index < -0.39 is 24.0 Å². The van der Waals surface area contributed by atoms with Crippen LogP contribution in [0, 0.1) is 0 Å². The molecule has 8 nitrogen and oxygen atoms in total. The van der Waals surface area contributed by atoms with Crippen LogP contribution >= 0.6 is 0 Å². The minimum atomic E-state index is -0.796. The molecule has 8 heteroatoms. The average Bonchev–Trinajstić information content (AvgIpc) is 3.13. The molecular weight excluding hydrogens is 366 g/mol. The normalized spacial score (nSPS) is 27.8. The molecule has 1 saturated heterocycles. The van der Waals surface area contributed by atoms with E-state index in [4.69, 9.17) is 23.7 Å². The van der Waals surface area contributed by atoms with Gasteiger partial charge in [-0.05, 0) is 32.8 Å². The topological polar surface area (TPSA) is 92.3 Å². The van der Waals surface area contributed by atoms with Gasteiger partial charge in [-0.2, -0.15) is 0 Å². The van der Waals surface area contributed by atoms with Crippen molar-refractivity contribution in [3.05, 3.63) is 35.9 Å². The number of nitrogens with one attached hydrogen (secondary N) is 1. The molecule has 4 atom stereocenters. The van der Waals surface area contributed by atoms with Gasteiger partial charge >= 0.3 is 12.1 Å². The molecule has 1 aromatic carbocycles. The highest BCUT2D eigenvalue weighted by molar-refractivity contribution is 5.70. The number of benzene rings is 1. The maximum atomic E-state index is 12.2. The largest absolute Gasteiger partial charge is 0.464 e. The zero-order valence-electron chi connectivity index (χ0n) is 16.4. The number of fused-ring (bicyclic) bond motifs is 1. The van der Waals surface area contributed by atoms with Gasteiger partial charge in [0.05, 0.1) is 18.8 Å². The van der Waals surface area contributed by atoms with Gasteiger partial charge in [-0.1, -0.05) is 30.3 Å². The molecule has 2 fully saturated rings. The monoisotopic (exact) mass is 393 g/mol. The molecule has 0 radical (unpaired) electrons. The molecule has 1 saturated carbocycles. The molecule has 1 heterocycles. The Morgan fingerprint density at radius 3 is 2.57 bits per heavy atom. The van der Waals surface area contributed by atoms with E-state index >= 15 is 0 Å². The molecule has 2 aliphatic rings. The number of carbonyl (C=O) groups excluding carboxylic acids is 2. The van der Waals surface area contributed by atoms with Gasteiger partial charge in [0.25, 0.3) is 0 Å². The maximum Gasteiger partial charge on any atom is 0.407 e. The van der Waals surface area contributed by atoms with Gasteiger partial charge in [0.2, 0.25) is 0 Å². The van der Waals surface area contributed by atoms with Gasteiger partial charge in [-0.3, -0.25) is 0 Å². The smallest absolute Gasteiger partial charge is 0.407 e. The third-order valence-corrected chi connectivity index (χ3v) is 4.65. The van der Waals surface area contributed by atoms with Crippen LogP contribution in [-0.2, 0) is 35.1 Å².